The van der Waals surface area contributed by atoms with Crippen molar-refractivity contribution in [3.63, 3.8) is 0 Å². The molecule has 1 fully saturated rings. The Morgan fingerprint density at radius 3 is 2.21 bits per heavy atom. The number of hydrogen-bond donors (Lipinski definition) is 0. The molecule has 146 valence electrons. The predicted octanol–water partition coefficient (Wildman–Crippen LogP) is 2.84. The Balaban J connectivity index is 1.58. The number of piperazine rings is 1. The SMILES string of the molecule is CN(C)c1ccc(C(C#N)N2CCN(C(=O)Cc3ccc(F)cc3)CC2)cc1. The summed E-state index contributed by atoms with van der Waals surface area (Å²) < 4.78 is 13.0. The van der Waals surface area contributed by atoms with Gasteiger partial charge in [-0.3, -0.25) is 9.69 Å². The van der Waals surface area contributed by atoms with Crippen LogP contribution in [-0.4, -0.2) is 56.0 Å². The van der Waals surface area contributed by atoms with Gasteiger partial charge < -0.3 is 9.80 Å². The Labute approximate surface area is 165 Å². The molecule has 2 aromatic rings. The summed E-state index contributed by atoms with van der Waals surface area (Å²) in [6.07, 6.45) is 0.272. The van der Waals surface area contributed by atoms with Crippen LogP contribution >= 0.6 is 0 Å². The van der Waals surface area contributed by atoms with Crippen LogP contribution in [-0.2, 0) is 11.2 Å². The first-order valence-electron chi connectivity index (χ1n) is 9.41. The van der Waals surface area contributed by atoms with Crippen LogP contribution in [0.3, 0.4) is 0 Å². The number of benzene rings is 2. The van der Waals surface area contributed by atoms with E-state index in [2.05, 4.69) is 11.0 Å². The van der Waals surface area contributed by atoms with E-state index in [0.717, 1.165) is 16.8 Å². The van der Waals surface area contributed by atoms with Crippen LogP contribution in [0.15, 0.2) is 48.5 Å². The highest BCUT2D eigenvalue weighted by molar-refractivity contribution is 5.78. The number of nitriles is 1. The lowest BCUT2D eigenvalue weighted by Gasteiger charge is -2.37. The standard InChI is InChI=1S/C22H25FN4O/c1-25(2)20-9-5-18(6-10-20)21(16-24)26-11-13-27(14-12-26)22(28)15-17-3-7-19(23)8-4-17/h3-10,21H,11-15H2,1-2H3. The molecule has 0 aromatic heterocycles. The van der Waals surface area contributed by atoms with Crippen molar-refractivity contribution >= 4 is 11.6 Å². The lowest BCUT2D eigenvalue weighted by molar-refractivity contribution is -0.132. The number of carbonyl (C=O) groups is 1. The van der Waals surface area contributed by atoms with Crippen LogP contribution in [0, 0.1) is 17.1 Å². The molecule has 3 rings (SSSR count). The number of nitrogens with zero attached hydrogens (tertiary/aromatic N) is 4. The first-order chi connectivity index (χ1) is 13.5. The van der Waals surface area contributed by atoms with Crippen molar-refractivity contribution in [1.82, 2.24) is 9.80 Å². The normalized spacial score (nSPS) is 15.7. The van der Waals surface area contributed by atoms with Crippen molar-refractivity contribution in [2.24, 2.45) is 0 Å². The summed E-state index contributed by atoms with van der Waals surface area (Å²) in [5.41, 5.74) is 2.88. The number of rotatable bonds is 5. The fraction of sp³-hybridized carbons (Fsp3) is 0.364. The third kappa shape index (κ3) is 4.68. The molecule has 0 N–H and O–H groups in total. The van der Waals surface area contributed by atoms with Crippen LogP contribution < -0.4 is 4.90 Å². The number of halogens is 1. The van der Waals surface area contributed by atoms with Gasteiger partial charge in [-0.25, -0.2) is 4.39 Å². The molecule has 1 saturated heterocycles. The number of amides is 1. The Bertz CT molecular complexity index is 834. The molecule has 2 aromatic carbocycles. The summed E-state index contributed by atoms with van der Waals surface area (Å²) >= 11 is 0. The third-order valence-corrected chi connectivity index (χ3v) is 5.15. The summed E-state index contributed by atoms with van der Waals surface area (Å²) in [6, 6.07) is 16.1. The second kappa shape index (κ2) is 8.85. The predicted molar refractivity (Wildman–Crippen MR) is 107 cm³/mol. The van der Waals surface area contributed by atoms with Gasteiger partial charge in [-0.05, 0) is 35.4 Å². The maximum absolute atomic E-state index is 13.0. The van der Waals surface area contributed by atoms with Gasteiger partial charge in [-0.15, -0.1) is 0 Å². The summed E-state index contributed by atoms with van der Waals surface area (Å²) in [4.78, 5) is 18.5. The van der Waals surface area contributed by atoms with E-state index in [1.165, 1.54) is 12.1 Å². The highest BCUT2D eigenvalue weighted by Crippen LogP contribution is 2.24. The monoisotopic (exact) mass is 380 g/mol. The first-order valence-corrected chi connectivity index (χ1v) is 9.41. The average Bonchev–Trinajstić information content (AvgIpc) is 2.71. The van der Waals surface area contributed by atoms with E-state index in [9.17, 15) is 14.4 Å². The third-order valence-electron chi connectivity index (χ3n) is 5.15. The fourth-order valence-electron chi connectivity index (χ4n) is 3.44. The lowest BCUT2D eigenvalue weighted by Crippen LogP contribution is -2.49. The van der Waals surface area contributed by atoms with Crippen molar-refractivity contribution < 1.29 is 9.18 Å². The summed E-state index contributed by atoms with van der Waals surface area (Å²) in [7, 11) is 3.97. The van der Waals surface area contributed by atoms with E-state index in [0.29, 0.717) is 26.2 Å². The fourth-order valence-corrected chi connectivity index (χ4v) is 3.44. The highest BCUT2D eigenvalue weighted by Gasteiger charge is 2.27. The van der Waals surface area contributed by atoms with Gasteiger partial charge in [0, 0.05) is 46.0 Å². The molecule has 6 heteroatoms. The zero-order valence-electron chi connectivity index (χ0n) is 16.3. The number of hydrogen-bond acceptors (Lipinski definition) is 4. The van der Waals surface area contributed by atoms with Gasteiger partial charge in [-0.1, -0.05) is 24.3 Å². The molecule has 1 atom stereocenters. The van der Waals surface area contributed by atoms with E-state index >= 15 is 0 Å². The zero-order valence-corrected chi connectivity index (χ0v) is 16.3. The molecule has 1 unspecified atom stereocenters. The summed E-state index contributed by atoms with van der Waals surface area (Å²) in [5.74, 6) is -0.263. The van der Waals surface area contributed by atoms with Crippen molar-refractivity contribution in [2.75, 3.05) is 45.2 Å². The average molecular weight is 380 g/mol. The van der Waals surface area contributed by atoms with E-state index < -0.39 is 0 Å². The van der Waals surface area contributed by atoms with Crippen LogP contribution in [0.1, 0.15) is 17.2 Å². The molecule has 0 aliphatic carbocycles. The van der Waals surface area contributed by atoms with Gasteiger partial charge in [-0.2, -0.15) is 5.26 Å². The second-order valence-corrected chi connectivity index (χ2v) is 7.24. The minimum absolute atomic E-state index is 0.0371. The van der Waals surface area contributed by atoms with Gasteiger partial charge in [0.1, 0.15) is 11.9 Å². The highest BCUT2D eigenvalue weighted by atomic mass is 19.1. The molecule has 1 amide bonds. The van der Waals surface area contributed by atoms with Crippen molar-refractivity contribution in [2.45, 2.75) is 12.5 Å². The van der Waals surface area contributed by atoms with Gasteiger partial charge >= 0.3 is 0 Å². The minimum atomic E-state index is -0.314. The van der Waals surface area contributed by atoms with Gasteiger partial charge in [0.2, 0.25) is 5.91 Å². The van der Waals surface area contributed by atoms with Crippen LogP contribution in [0.4, 0.5) is 10.1 Å². The van der Waals surface area contributed by atoms with Crippen LogP contribution in [0.5, 0.6) is 0 Å². The van der Waals surface area contributed by atoms with E-state index in [4.69, 9.17) is 0 Å². The Hall–Kier alpha value is -2.91. The molecule has 0 saturated carbocycles. The number of anilines is 1. The van der Waals surface area contributed by atoms with Crippen molar-refractivity contribution in [1.29, 1.82) is 5.26 Å². The molecular weight excluding hydrogens is 355 g/mol. The van der Waals surface area contributed by atoms with Crippen LogP contribution in [0.25, 0.3) is 0 Å². The Morgan fingerprint density at radius 1 is 1.07 bits per heavy atom. The molecule has 1 heterocycles. The van der Waals surface area contributed by atoms with Gasteiger partial charge in [0.05, 0.1) is 12.5 Å². The first kappa shape index (κ1) is 19.8. The van der Waals surface area contributed by atoms with Gasteiger partial charge in [0.25, 0.3) is 0 Å². The molecule has 1 aliphatic heterocycles. The summed E-state index contributed by atoms with van der Waals surface area (Å²) in [6.45, 7) is 2.49. The van der Waals surface area contributed by atoms with E-state index in [1.54, 1.807) is 12.1 Å². The lowest BCUT2D eigenvalue weighted by atomic mass is 10.0. The molecular formula is C22H25FN4O. The largest absolute Gasteiger partial charge is 0.378 e. The molecule has 0 bridgehead atoms. The topological polar surface area (TPSA) is 50.6 Å². The molecule has 5 nitrogen and oxygen atoms in total. The number of carbonyl (C=O) groups excluding carboxylic acids is 1. The van der Waals surface area contributed by atoms with Crippen LogP contribution in [0.2, 0.25) is 0 Å². The molecule has 1 aliphatic rings. The van der Waals surface area contributed by atoms with Gasteiger partial charge in [0.15, 0.2) is 0 Å². The zero-order chi connectivity index (χ0) is 20.1. The minimum Gasteiger partial charge on any atom is -0.378 e. The summed E-state index contributed by atoms with van der Waals surface area (Å²) in [5, 5.41) is 9.69. The molecule has 28 heavy (non-hydrogen) atoms. The quantitative estimate of drug-likeness (QED) is 0.800. The van der Waals surface area contributed by atoms with E-state index in [-0.39, 0.29) is 24.2 Å². The van der Waals surface area contributed by atoms with Crippen molar-refractivity contribution in [3.05, 3.63) is 65.5 Å². The van der Waals surface area contributed by atoms with E-state index in [1.807, 2.05) is 48.2 Å². The Kier molecular flexibility index (Phi) is 6.27. The maximum atomic E-state index is 13.0. The second-order valence-electron chi connectivity index (χ2n) is 7.24. The maximum Gasteiger partial charge on any atom is 0.227 e. The Morgan fingerprint density at radius 2 is 1.68 bits per heavy atom. The molecule has 0 radical (unpaired) electrons. The molecule has 0 spiro atoms. The smallest absolute Gasteiger partial charge is 0.227 e. The van der Waals surface area contributed by atoms with Crippen molar-refractivity contribution in [3.8, 4) is 6.07 Å².